The molecular formula is C12H18BrClN2O2S. The number of amides is 1. The molecule has 4 nitrogen and oxygen atoms in total. The maximum absolute atomic E-state index is 12.4. The Hall–Kier alpha value is -0.300. The molecule has 0 aliphatic carbocycles. The van der Waals surface area contributed by atoms with Gasteiger partial charge in [0.2, 0.25) is 0 Å². The summed E-state index contributed by atoms with van der Waals surface area (Å²) in [5.74, 6) is 0.842. The first-order chi connectivity index (χ1) is 8.67. The lowest BCUT2D eigenvalue weighted by atomic mass is 10.2. The molecule has 1 aromatic rings. The largest absolute Gasteiger partial charge is 0.495 e. The van der Waals surface area contributed by atoms with Gasteiger partial charge in [-0.1, -0.05) is 0 Å². The van der Waals surface area contributed by atoms with Crippen molar-refractivity contribution in [1.82, 2.24) is 10.2 Å². The van der Waals surface area contributed by atoms with Gasteiger partial charge < -0.3 is 15.0 Å². The number of likely N-dealkylation sites (N-methyl/N-ethyl adjacent to an activating group) is 1. The molecule has 1 atom stereocenters. The van der Waals surface area contributed by atoms with E-state index in [1.807, 2.05) is 18.0 Å². The Kier molecular flexibility index (Phi) is 6.59. The van der Waals surface area contributed by atoms with Crippen LogP contribution in [0.1, 0.15) is 22.5 Å². The van der Waals surface area contributed by atoms with Gasteiger partial charge in [0.25, 0.3) is 5.91 Å². The normalized spacial score (nSPS) is 18.3. The number of ether oxygens (including phenoxy) is 1. The van der Waals surface area contributed by atoms with Crippen LogP contribution < -0.4 is 10.1 Å². The van der Waals surface area contributed by atoms with E-state index in [4.69, 9.17) is 4.74 Å². The van der Waals surface area contributed by atoms with Gasteiger partial charge in [0, 0.05) is 25.2 Å². The Bertz CT molecular complexity index is 441. The summed E-state index contributed by atoms with van der Waals surface area (Å²) in [6.07, 6.45) is 2.16. The third-order valence-corrected chi connectivity index (χ3v) is 4.93. The van der Waals surface area contributed by atoms with E-state index in [1.54, 1.807) is 7.11 Å². The van der Waals surface area contributed by atoms with Crippen molar-refractivity contribution < 1.29 is 9.53 Å². The Morgan fingerprint density at radius 1 is 1.68 bits per heavy atom. The second-order valence-corrected chi connectivity index (χ2v) is 6.68. The van der Waals surface area contributed by atoms with Crippen LogP contribution in [0.25, 0.3) is 0 Å². The average Bonchev–Trinajstić information content (AvgIpc) is 2.95. The molecule has 1 N–H and O–H groups in total. The molecule has 0 saturated carbocycles. The highest BCUT2D eigenvalue weighted by atomic mass is 79.9. The molecule has 1 saturated heterocycles. The summed E-state index contributed by atoms with van der Waals surface area (Å²) in [5.41, 5.74) is 0. The molecule has 1 amide bonds. The van der Waals surface area contributed by atoms with Gasteiger partial charge in [0.15, 0.2) is 0 Å². The number of carbonyl (C=O) groups excluding carboxylic acids is 1. The van der Waals surface area contributed by atoms with Crippen LogP contribution in [0.2, 0.25) is 0 Å². The fourth-order valence-electron chi connectivity index (χ4n) is 2.29. The molecule has 0 aromatic carbocycles. The zero-order chi connectivity index (χ0) is 13.1. The van der Waals surface area contributed by atoms with E-state index < -0.39 is 0 Å². The van der Waals surface area contributed by atoms with Crippen LogP contribution in [0.3, 0.4) is 0 Å². The molecule has 0 radical (unpaired) electrons. The molecule has 1 aliphatic rings. The fraction of sp³-hybridized carbons (Fsp3) is 0.583. The van der Waals surface area contributed by atoms with E-state index in [9.17, 15) is 4.79 Å². The number of nitrogens with one attached hydrogen (secondary N) is 1. The van der Waals surface area contributed by atoms with Gasteiger partial charge in [-0.3, -0.25) is 4.79 Å². The number of rotatable bonds is 4. The molecule has 1 aliphatic heterocycles. The number of carbonyl (C=O) groups is 1. The summed E-state index contributed by atoms with van der Waals surface area (Å²) in [7, 11) is 3.53. The van der Waals surface area contributed by atoms with Gasteiger partial charge in [-0.2, -0.15) is 0 Å². The highest BCUT2D eigenvalue weighted by Crippen LogP contribution is 2.35. The summed E-state index contributed by atoms with van der Waals surface area (Å²) < 4.78 is 6.07. The van der Waals surface area contributed by atoms with Crippen molar-refractivity contribution in [3.63, 3.8) is 0 Å². The van der Waals surface area contributed by atoms with Gasteiger partial charge in [-0.15, -0.1) is 23.7 Å². The summed E-state index contributed by atoms with van der Waals surface area (Å²) in [5, 5.41) is 3.15. The minimum Gasteiger partial charge on any atom is -0.495 e. The van der Waals surface area contributed by atoms with E-state index in [1.165, 1.54) is 11.3 Å². The van der Waals surface area contributed by atoms with Crippen molar-refractivity contribution in [3.8, 4) is 5.75 Å². The molecule has 1 fully saturated rings. The zero-order valence-corrected chi connectivity index (χ0v) is 14.2. The van der Waals surface area contributed by atoms with Crippen LogP contribution in [-0.4, -0.2) is 44.1 Å². The third-order valence-electron chi connectivity index (χ3n) is 3.16. The quantitative estimate of drug-likeness (QED) is 0.887. The first-order valence-electron chi connectivity index (χ1n) is 5.96. The van der Waals surface area contributed by atoms with E-state index in [2.05, 4.69) is 21.2 Å². The minimum absolute atomic E-state index is 0. The smallest absolute Gasteiger partial charge is 0.264 e. The monoisotopic (exact) mass is 368 g/mol. The Labute approximate surface area is 132 Å². The summed E-state index contributed by atoms with van der Waals surface area (Å²) in [6.45, 7) is 1.71. The van der Waals surface area contributed by atoms with Gasteiger partial charge in [-0.25, -0.2) is 0 Å². The number of likely N-dealkylation sites (tertiary alicyclic amines) is 1. The van der Waals surface area contributed by atoms with Gasteiger partial charge in [0.05, 0.1) is 12.0 Å². The third kappa shape index (κ3) is 3.62. The van der Waals surface area contributed by atoms with Crippen molar-refractivity contribution in [1.29, 1.82) is 0 Å². The van der Waals surface area contributed by atoms with E-state index in [-0.39, 0.29) is 18.3 Å². The predicted octanol–water partition coefficient (Wildman–Crippen LogP) is 2.77. The standard InChI is InChI=1S/C12H17BrN2O2S.ClH/c1-14-7-8-4-3-5-15(8)12(16)10-6-9(17-2)11(13)18-10;/h6,8,14H,3-5,7H2,1-2H3;1H. The minimum atomic E-state index is 0. The van der Waals surface area contributed by atoms with Crippen LogP contribution >= 0.6 is 39.7 Å². The Morgan fingerprint density at radius 2 is 2.42 bits per heavy atom. The van der Waals surface area contributed by atoms with Crippen LogP contribution in [0.5, 0.6) is 5.75 Å². The second-order valence-electron chi connectivity index (χ2n) is 4.31. The number of thiophene rings is 1. The van der Waals surface area contributed by atoms with Crippen molar-refractivity contribution in [2.24, 2.45) is 0 Å². The number of hydrogen-bond donors (Lipinski definition) is 1. The number of nitrogens with zero attached hydrogens (tertiary/aromatic N) is 1. The van der Waals surface area contributed by atoms with Gasteiger partial charge in [-0.05, 0) is 35.8 Å². The molecule has 0 bridgehead atoms. The molecule has 1 aromatic heterocycles. The van der Waals surface area contributed by atoms with E-state index >= 15 is 0 Å². The first-order valence-corrected chi connectivity index (χ1v) is 7.57. The SMILES string of the molecule is CNCC1CCCN1C(=O)c1cc(OC)c(Br)s1.Cl. The second kappa shape index (κ2) is 7.47. The van der Waals surface area contributed by atoms with Crippen LogP contribution in [0.4, 0.5) is 0 Å². The van der Waals surface area contributed by atoms with Crippen molar-refractivity contribution in [3.05, 3.63) is 14.7 Å². The molecule has 1 unspecified atom stereocenters. The zero-order valence-electron chi connectivity index (χ0n) is 10.9. The van der Waals surface area contributed by atoms with Crippen molar-refractivity contribution in [2.45, 2.75) is 18.9 Å². The van der Waals surface area contributed by atoms with Crippen LogP contribution in [-0.2, 0) is 0 Å². The topological polar surface area (TPSA) is 41.6 Å². The summed E-state index contributed by atoms with van der Waals surface area (Å²) in [6, 6.07) is 2.13. The van der Waals surface area contributed by atoms with Crippen molar-refractivity contribution in [2.75, 3.05) is 27.2 Å². The maximum atomic E-state index is 12.4. The molecular weight excluding hydrogens is 352 g/mol. The Balaban J connectivity index is 0.00000180. The highest BCUT2D eigenvalue weighted by Gasteiger charge is 2.30. The molecule has 2 rings (SSSR count). The molecule has 19 heavy (non-hydrogen) atoms. The van der Waals surface area contributed by atoms with Gasteiger partial charge in [0.1, 0.15) is 9.54 Å². The number of hydrogen-bond acceptors (Lipinski definition) is 4. The van der Waals surface area contributed by atoms with Crippen molar-refractivity contribution >= 4 is 45.6 Å². The van der Waals surface area contributed by atoms with E-state index in [0.29, 0.717) is 6.04 Å². The lowest BCUT2D eigenvalue weighted by Gasteiger charge is -2.23. The number of methoxy groups -OCH3 is 1. The predicted molar refractivity (Wildman–Crippen MR) is 83.8 cm³/mol. The molecule has 2 heterocycles. The summed E-state index contributed by atoms with van der Waals surface area (Å²) in [4.78, 5) is 15.2. The first kappa shape index (κ1) is 16.8. The van der Waals surface area contributed by atoms with Gasteiger partial charge >= 0.3 is 0 Å². The van der Waals surface area contributed by atoms with Crippen LogP contribution in [0.15, 0.2) is 9.85 Å². The molecule has 108 valence electrons. The number of halogens is 2. The Morgan fingerprint density at radius 3 is 3.00 bits per heavy atom. The van der Waals surface area contributed by atoms with Crippen LogP contribution in [0, 0.1) is 0 Å². The fourth-order valence-corrected chi connectivity index (χ4v) is 3.90. The highest BCUT2D eigenvalue weighted by molar-refractivity contribution is 9.11. The maximum Gasteiger partial charge on any atom is 0.264 e. The summed E-state index contributed by atoms with van der Waals surface area (Å²) >= 11 is 4.84. The average molecular weight is 370 g/mol. The molecule has 7 heteroatoms. The lowest BCUT2D eigenvalue weighted by molar-refractivity contribution is 0.0741. The van der Waals surface area contributed by atoms with E-state index in [0.717, 1.165) is 40.3 Å². The molecule has 0 spiro atoms. The lowest BCUT2D eigenvalue weighted by Crippen LogP contribution is -2.40.